The number of piperazine rings is 1. The first-order valence-corrected chi connectivity index (χ1v) is 4.82. The maximum Gasteiger partial charge on any atom is 0.225 e. The average Bonchev–Trinajstić information content (AvgIpc) is 2.20. The van der Waals surface area contributed by atoms with Gasteiger partial charge in [-0.15, -0.1) is 0 Å². The Morgan fingerprint density at radius 3 is 2.86 bits per heavy atom. The van der Waals surface area contributed by atoms with Crippen molar-refractivity contribution in [3.05, 3.63) is 12.4 Å². The Bertz CT molecular complexity index is 297. The summed E-state index contributed by atoms with van der Waals surface area (Å²) >= 11 is 0. The molecule has 0 spiro atoms. The number of nitrogens with zero attached hydrogens (tertiary/aromatic N) is 3. The number of aromatic nitrogens is 2. The van der Waals surface area contributed by atoms with Crippen molar-refractivity contribution in [3.8, 4) is 0 Å². The van der Waals surface area contributed by atoms with E-state index in [0.717, 1.165) is 25.6 Å². The van der Waals surface area contributed by atoms with E-state index in [1.165, 1.54) is 0 Å². The summed E-state index contributed by atoms with van der Waals surface area (Å²) in [6.07, 6.45) is 3.30. The van der Waals surface area contributed by atoms with Crippen molar-refractivity contribution in [2.75, 3.05) is 30.3 Å². The molecule has 1 unspecified atom stereocenters. The lowest BCUT2D eigenvalue weighted by molar-refractivity contribution is 0.493. The van der Waals surface area contributed by atoms with Gasteiger partial charge in [0.05, 0.1) is 18.1 Å². The monoisotopic (exact) mass is 193 g/mol. The van der Waals surface area contributed by atoms with Crippen LogP contribution in [-0.2, 0) is 0 Å². The Morgan fingerprint density at radius 1 is 1.50 bits per heavy atom. The fourth-order valence-electron chi connectivity index (χ4n) is 1.62. The van der Waals surface area contributed by atoms with E-state index in [1.54, 1.807) is 12.4 Å². The van der Waals surface area contributed by atoms with Gasteiger partial charge in [-0.1, -0.05) is 0 Å². The maximum absolute atomic E-state index is 5.54. The quantitative estimate of drug-likeness (QED) is 0.649. The maximum atomic E-state index is 5.54. The van der Waals surface area contributed by atoms with Crippen LogP contribution in [0.4, 0.5) is 11.6 Å². The van der Waals surface area contributed by atoms with Gasteiger partial charge < -0.3 is 16.0 Å². The minimum atomic E-state index is 0.437. The average molecular weight is 193 g/mol. The molecule has 1 fully saturated rings. The summed E-state index contributed by atoms with van der Waals surface area (Å²) in [7, 11) is 0. The zero-order chi connectivity index (χ0) is 9.97. The fraction of sp³-hybridized carbons (Fsp3) is 0.556. The molecule has 2 heterocycles. The SMILES string of the molecule is CC1CNCCN1c1ncc(N)cn1. The Morgan fingerprint density at radius 2 is 2.21 bits per heavy atom. The van der Waals surface area contributed by atoms with Crippen molar-refractivity contribution in [2.45, 2.75) is 13.0 Å². The molecular formula is C9H15N5. The van der Waals surface area contributed by atoms with E-state index in [9.17, 15) is 0 Å². The zero-order valence-electron chi connectivity index (χ0n) is 8.27. The molecule has 1 aromatic rings. The van der Waals surface area contributed by atoms with Crippen LogP contribution in [-0.4, -0.2) is 35.6 Å². The third-order valence-electron chi connectivity index (χ3n) is 2.42. The zero-order valence-corrected chi connectivity index (χ0v) is 8.27. The van der Waals surface area contributed by atoms with Crippen molar-refractivity contribution in [1.82, 2.24) is 15.3 Å². The number of nitrogen functional groups attached to an aromatic ring is 1. The summed E-state index contributed by atoms with van der Waals surface area (Å²) in [5.41, 5.74) is 6.14. The molecular weight excluding hydrogens is 178 g/mol. The van der Waals surface area contributed by atoms with Crippen LogP contribution in [0.15, 0.2) is 12.4 Å². The van der Waals surface area contributed by atoms with Gasteiger partial charge in [0.15, 0.2) is 0 Å². The molecule has 3 N–H and O–H groups in total. The largest absolute Gasteiger partial charge is 0.396 e. The number of nitrogens with two attached hydrogens (primary N) is 1. The lowest BCUT2D eigenvalue weighted by Gasteiger charge is -2.33. The highest BCUT2D eigenvalue weighted by atomic mass is 15.3. The van der Waals surface area contributed by atoms with Crippen molar-refractivity contribution < 1.29 is 0 Å². The van der Waals surface area contributed by atoms with Crippen molar-refractivity contribution in [1.29, 1.82) is 0 Å². The summed E-state index contributed by atoms with van der Waals surface area (Å²) in [5.74, 6) is 0.771. The van der Waals surface area contributed by atoms with Crippen LogP contribution >= 0.6 is 0 Å². The van der Waals surface area contributed by atoms with Crippen molar-refractivity contribution >= 4 is 11.6 Å². The van der Waals surface area contributed by atoms with Gasteiger partial charge in [0, 0.05) is 25.7 Å². The number of rotatable bonds is 1. The molecule has 1 saturated heterocycles. The van der Waals surface area contributed by atoms with Crippen LogP contribution in [0.2, 0.25) is 0 Å². The van der Waals surface area contributed by atoms with Gasteiger partial charge in [-0.2, -0.15) is 0 Å². The van der Waals surface area contributed by atoms with E-state index < -0.39 is 0 Å². The van der Waals surface area contributed by atoms with Gasteiger partial charge in [0.25, 0.3) is 0 Å². The first-order chi connectivity index (χ1) is 6.77. The number of anilines is 2. The van der Waals surface area contributed by atoms with Crippen LogP contribution in [0.25, 0.3) is 0 Å². The molecule has 0 amide bonds. The van der Waals surface area contributed by atoms with Crippen molar-refractivity contribution in [3.63, 3.8) is 0 Å². The minimum Gasteiger partial charge on any atom is -0.396 e. The molecule has 0 aromatic carbocycles. The third kappa shape index (κ3) is 1.77. The predicted molar refractivity (Wildman–Crippen MR) is 56.1 cm³/mol. The van der Waals surface area contributed by atoms with Gasteiger partial charge in [-0.05, 0) is 6.92 Å². The number of nitrogens with one attached hydrogen (secondary N) is 1. The molecule has 5 nitrogen and oxygen atoms in total. The Balaban J connectivity index is 2.16. The van der Waals surface area contributed by atoms with E-state index >= 15 is 0 Å². The molecule has 1 aliphatic heterocycles. The molecule has 0 saturated carbocycles. The topological polar surface area (TPSA) is 67.1 Å². The molecule has 1 aromatic heterocycles. The first-order valence-electron chi connectivity index (χ1n) is 4.82. The summed E-state index contributed by atoms with van der Waals surface area (Å²) in [6.45, 7) is 5.07. The van der Waals surface area contributed by atoms with Crippen LogP contribution in [0.5, 0.6) is 0 Å². The number of hydrogen-bond acceptors (Lipinski definition) is 5. The molecule has 5 heteroatoms. The molecule has 2 rings (SSSR count). The summed E-state index contributed by atoms with van der Waals surface area (Å²) in [4.78, 5) is 10.6. The van der Waals surface area contributed by atoms with E-state index in [2.05, 4.69) is 27.1 Å². The molecule has 76 valence electrons. The lowest BCUT2D eigenvalue weighted by atomic mass is 10.2. The van der Waals surface area contributed by atoms with Crippen LogP contribution < -0.4 is 16.0 Å². The van der Waals surface area contributed by atoms with Gasteiger partial charge in [0.2, 0.25) is 5.95 Å². The van der Waals surface area contributed by atoms with E-state index in [4.69, 9.17) is 5.73 Å². The summed E-state index contributed by atoms with van der Waals surface area (Å²) < 4.78 is 0. The predicted octanol–water partition coefficient (Wildman–Crippen LogP) is -0.143. The molecule has 1 aliphatic rings. The second kappa shape index (κ2) is 3.79. The highest BCUT2D eigenvalue weighted by Gasteiger charge is 2.19. The van der Waals surface area contributed by atoms with E-state index in [0.29, 0.717) is 11.7 Å². The molecule has 0 radical (unpaired) electrons. The van der Waals surface area contributed by atoms with Crippen LogP contribution in [0, 0.1) is 0 Å². The van der Waals surface area contributed by atoms with E-state index in [-0.39, 0.29) is 0 Å². The fourth-order valence-corrected chi connectivity index (χ4v) is 1.62. The van der Waals surface area contributed by atoms with Gasteiger partial charge in [0.1, 0.15) is 0 Å². The normalized spacial score (nSPS) is 22.4. The lowest BCUT2D eigenvalue weighted by Crippen LogP contribution is -2.50. The van der Waals surface area contributed by atoms with Gasteiger partial charge in [-0.25, -0.2) is 9.97 Å². The second-order valence-corrected chi connectivity index (χ2v) is 3.56. The van der Waals surface area contributed by atoms with Crippen molar-refractivity contribution in [2.24, 2.45) is 0 Å². The highest BCUT2D eigenvalue weighted by molar-refractivity contribution is 5.39. The second-order valence-electron chi connectivity index (χ2n) is 3.56. The van der Waals surface area contributed by atoms with Gasteiger partial charge >= 0.3 is 0 Å². The van der Waals surface area contributed by atoms with Gasteiger partial charge in [-0.3, -0.25) is 0 Å². The number of hydrogen-bond donors (Lipinski definition) is 2. The molecule has 14 heavy (non-hydrogen) atoms. The van der Waals surface area contributed by atoms with E-state index in [1.807, 2.05) is 0 Å². The van der Waals surface area contributed by atoms with Crippen LogP contribution in [0.1, 0.15) is 6.92 Å². The standard InChI is InChI=1S/C9H15N5/c1-7-4-11-2-3-14(7)9-12-5-8(10)6-13-9/h5-7,11H,2-4,10H2,1H3. The molecule has 0 bridgehead atoms. The molecule has 1 atom stereocenters. The minimum absolute atomic E-state index is 0.437. The summed E-state index contributed by atoms with van der Waals surface area (Å²) in [6, 6.07) is 0.437. The summed E-state index contributed by atoms with van der Waals surface area (Å²) in [5, 5.41) is 3.32. The molecule has 0 aliphatic carbocycles. The first kappa shape index (κ1) is 9.21. The Labute approximate surface area is 83.3 Å². The van der Waals surface area contributed by atoms with Crippen LogP contribution in [0.3, 0.4) is 0 Å². The third-order valence-corrected chi connectivity index (χ3v) is 2.42. The smallest absolute Gasteiger partial charge is 0.225 e. The Hall–Kier alpha value is -1.36. The highest BCUT2D eigenvalue weighted by Crippen LogP contribution is 2.12. The Kier molecular flexibility index (Phi) is 2.49.